The molecule has 1 amide bonds. The van der Waals surface area contributed by atoms with E-state index in [-0.39, 0.29) is 24.2 Å². The van der Waals surface area contributed by atoms with E-state index in [0.717, 1.165) is 17.7 Å². The zero-order chi connectivity index (χ0) is 18.0. The van der Waals surface area contributed by atoms with Crippen LogP contribution in [0.2, 0.25) is 0 Å². The summed E-state index contributed by atoms with van der Waals surface area (Å²) in [5, 5.41) is 2.84. The van der Waals surface area contributed by atoms with E-state index in [1.807, 2.05) is 13.0 Å². The normalized spacial score (nSPS) is 10.8. The number of hydrogen-bond acceptors (Lipinski definition) is 3. The number of amides is 1. The van der Waals surface area contributed by atoms with Crippen molar-refractivity contribution in [2.24, 2.45) is 0 Å². The third-order valence-electron chi connectivity index (χ3n) is 3.84. The molecule has 0 saturated carbocycles. The van der Waals surface area contributed by atoms with Crippen molar-refractivity contribution in [3.05, 3.63) is 70.3 Å². The van der Waals surface area contributed by atoms with Crippen LogP contribution in [0, 0.1) is 18.6 Å². The third kappa shape index (κ3) is 3.55. The Morgan fingerprint density at radius 3 is 2.80 bits per heavy atom. The second-order valence-corrected chi connectivity index (χ2v) is 5.64. The third-order valence-corrected chi connectivity index (χ3v) is 3.84. The van der Waals surface area contributed by atoms with Gasteiger partial charge in [-0.15, -0.1) is 0 Å². The van der Waals surface area contributed by atoms with Gasteiger partial charge in [0, 0.05) is 19.0 Å². The summed E-state index contributed by atoms with van der Waals surface area (Å²) >= 11 is 0. The van der Waals surface area contributed by atoms with Crippen LogP contribution in [0.1, 0.15) is 12.0 Å². The molecule has 2 aromatic carbocycles. The number of fused-ring (bicyclic) bond motifs is 1. The molecular formula is C18H15F2N3O2. The largest absolute Gasteiger partial charge is 0.324 e. The van der Waals surface area contributed by atoms with Crippen molar-refractivity contribution in [1.29, 1.82) is 0 Å². The van der Waals surface area contributed by atoms with Gasteiger partial charge in [-0.3, -0.25) is 14.2 Å². The van der Waals surface area contributed by atoms with Gasteiger partial charge in [0.05, 0.1) is 22.9 Å². The molecule has 5 nitrogen and oxygen atoms in total. The molecule has 0 unspecified atom stereocenters. The number of benzene rings is 2. The Labute approximate surface area is 141 Å². The van der Waals surface area contributed by atoms with Gasteiger partial charge in [0.1, 0.15) is 11.6 Å². The number of halogens is 2. The first-order valence-corrected chi connectivity index (χ1v) is 7.65. The number of aryl methyl sites for hydroxylation is 2. The van der Waals surface area contributed by atoms with Gasteiger partial charge < -0.3 is 5.32 Å². The minimum absolute atomic E-state index is 0.0459. The molecule has 0 bridgehead atoms. The molecule has 128 valence electrons. The highest BCUT2D eigenvalue weighted by atomic mass is 19.1. The zero-order valence-electron chi connectivity index (χ0n) is 13.4. The Kier molecular flexibility index (Phi) is 4.56. The summed E-state index contributed by atoms with van der Waals surface area (Å²) in [6, 6.07) is 8.21. The van der Waals surface area contributed by atoms with E-state index < -0.39 is 17.5 Å². The van der Waals surface area contributed by atoms with Crippen LogP contribution in [0.25, 0.3) is 10.9 Å². The molecule has 0 radical (unpaired) electrons. The molecule has 25 heavy (non-hydrogen) atoms. The van der Waals surface area contributed by atoms with Crippen molar-refractivity contribution in [1.82, 2.24) is 9.55 Å². The van der Waals surface area contributed by atoms with E-state index in [1.165, 1.54) is 10.9 Å². The van der Waals surface area contributed by atoms with Crippen LogP contribution < -0.4 is 10.9 Å². The number of aromatic nitrogens is 2. The smallest absolute Gasteiger partial charge is 0.261 e. The summed E-state index contributed by atoms with van der Waals surface area (Å²) < 4.78 is 27.7. The molecular weight excluding hydrogens is 328 g/mol. The summed E-state index contributed by atoms with van der Waals surface area (Å²) in [5.74, 6) is -2.06. The maximum absolute atomic E-state index is 13.5. The highest BCUT2D eigenvalue weighted by molar-refractivity contribution is 5.90. The maximum Gasteiger partial charge on any atom is 0.261 e. The number of carbonyl (C=O) groups is 1. The fourth-order valence-corrected chi connectivity index (χ4v) is 2.52. The first kappa shape index (κ1) is 16.8. The van der Waals surface area contributed by atoms with Gasteiger partial charge in [-0.05, 0) is 30.7 Å². The summed E-state index contributed by atoms with van der Waals surface area (Å²) in [5.41, 5.74) is 1.17. The minimum Gasteiger partial charge on any atom is -0.324 e. The molecule has 0 spiro atoms. The molecule has 0 atom stereocenters. The average Bonchev–Trinajstić information content (AvgIpc) is 2.57. The monoisotopic (exact) mass is 343 g/mol. The minimum atomic E-state index is -0.853. The average molecular weight is 343 g/mol. The van der Waals surface area contributed by atoms with Crippen molar-refractivity contribution in [3.8, 4) is 0 Å². The molecule has 0 aliphatic carbocycles. The van der Waals surface area contributed by atoms with Gasteiger partial charge in [0.2, 0.25) is 5.91 Å². The summed E-state index contributed by atoms with van der Waals surface area (Å²) in [6.07, 6.45) is 1.35. The van der Waals surface area contributed by atoms with Crippen molar-refractivity contribution >= 4 is 22.5 Å². The Hall–Kier alpha value is -3.09. The number of nitrogens with one attached hydrogen (secondary N) is 1. The molecule has 1 aromatic heterocycles. The van der Waals surface area contributed by atoms with Gasteiger partial charge in [-0.25, -0.2) is 13.8 Å². The summed E-state index contributed by atoms with van der Waals surface area (Å²) in [6.45, 7) is 1.97. The van der Waals surface area contributed by atoms with E-state index in [4.69, 9.17) is 0 Å². The quantitative estimate of drug-likeness (QED) is 0.792. The Bertz CT molecular complexity index is 1010. The zero-order valence-corrected chi connectivity index (χ0v) is 13.4. The first-order chi connectivity index (χ1) is 12.0. The Morgan fingerprint density at radius 2 is 2.04 bits per heavy atom. The molecule has 0 aliphatic rings. The van der Waals surface area contributed by atoms with Crippen molar-refractivity contribution in [3.63, 3.8) is 0 Å². The molecule has 7 heteroatoms. The van der Waals surface area contributed by atoms with Gasteiger partial charge in [0.25, 0.3) is 5.56 Å². The van der Waals surface area contributed by atoms with Crippen LogP contribution in [0.3, 0.4) is 0 Å². The van der Waals surface area contributed by atoms with Crippen LogP contribution in [-0.4, -0.2) is 15.5 Å². The number of carbonyl (C=O) groups excluding carboxylic acids is 1. The Morgan fingerprint density at radius 1 is 1.24 bits per heavy atom. The van der Waals surface area contributed by atoms with Gasteiger partial charge in [0.15, 0.2) is 0 Å². The molecule has 3 rings (SSSR count). The van der Waals surface area contributed by atoms with Crippen LogP contribution in [0.4, 0.5) is 14.5 Å². The predicted octanol–water partition coefficient (Wildman–Crippen LogP) is 3.01. The summed E-state index contributed by atoms with van der Waals surface area (Å²) in [4.78, 5) is 28.6. The van der Waals surface area contributed by atoms with E-state index in [9.17, 15) is 18.4 Å². The number of nitrogens with zero attached hydrogens (tertiary/aromatic N) is 2. The van der Waals surface area contributed by atoms with Gasteiger partial charge in [-0.2, -0.15) is 0 Å². The lowest BCUT2D eigenvalue weighted by Gasteiger charge is -2.09. The number of hydrogen-bond donors (Lipinski definition) is 1. The van der Waals surface area contributed by atoms with Crippen molar-refractivity contribution < 1.29 is 13.6 Å². The summed E-state index contributed by atoms with van der Waals surface area (Å²) in [7, 11) is 0. The molecule has 0 aliphatic heterocycles. The highest BCUT2D eigenvalue weighted by Gasteiger charge is 2.10. The fourth-order valence-electron chi connectivity index (χ4n) is 2.52. The molecule has 1 N–H and O–H groups in total. The fraction of sp³-hybridized carbons (Fsp3) is 0.167. The lowest BCUT2D eigenvalue weighted by molar-refractivity contribution is -0.116. The van der Waals surface area contributed by atoms with Gasteiger partial charge >= 0.3 is 0 Å². The number of para-hydroxylation sites is 1. The molecule has 0 saturated heterocycles. The molecule has 3 aromatic rings. The van der Waals surface area contributed by atoms with E-state index in [2.05, 4.69) is 10.3 Å². The van der Waals surface area contributed by atoms with Crippen LogP contribution in [0.5, 0.6) is 0 Å². The van der Waals surface area contributed by atoms with E-state index in [1.54, 1.807) is 12.1 Å². The standard InChI is InChI=1S/C18H15F2N3O2/c1-11-3-2-4-13-17(11)21-10-23(18(13)25)8-7-16(24)22-15-6-5-12(19)9-14(15)20/h2-6,9-10H,7-8H2,1H3,(H,22,24). The van der Waals surface area contributed by atoms with Gasteiger partial charge in [-0.1, -0.05) is 12.1 Å². The maximum atomic E-state index is 13.5. The Balaban J connectivity index is 1.73. The SMILES string of the molecule is Cc1cccc2c(=O)n(CCC(=O)Nc3ccc(F)cc3F)cnc12. The number of anilines is 1. The number of rotatable bonds is 4. The van der Waals surface area contributed by atoms with Crippen molar-refractivity contribution in [2.45, 2.75) is 19.9 Å². The highest BCUT2D eigenvalue weighted by Crippen LogP contribution is 2.15. The second-order valence-electron chi connectivity index (χ2n) is 5.64. The van der Waals surface area contributed by atoms with E-state index >= 15 is 0 Å². The van der Waals surface area contributed by atoms with Crippen molar-refractivity contribution in [2.75, 3.05) is 5.32 Å². The lowest BCUT2D eigenvalue weighted by atomic mass is 10.1. The molecule has 1 heterocycles. The van der Waals surface area contributed by atoms with Crippen LogP contribution in [0.15, 0.2) is 47.5 Å². The predicted molar refractivity (Wildman–Crippen MR) is 90.3 cm³/mol. The molecule has 0 fully saturated rings. The van der Waals surface area contributed by atoms with Crippen LogP contribution >= 0.6 is 0 Å². The first-order valence-electron chi connectivity index (χ1n) is 7.65. The lowest BCUT2D eigenvalue weighted by Crippen LogP contribution is -2.24. The van der Waals surface area contributed by atoms with Crippen LogP contribution in [-0.2, 0) is 11.3 Å². The topological polar surface area (TPSA) is 64.0 Å². The van der Waals surface area contributed by atoms with E-state index in [0.29, 0.717) is 17.0 Å². The second kappa shape index (κ2) is 6.80.